The molecule has 0 radical (unpaired) electrons. The fourth-order valence-electron chi connectivity index (χ4n) is 3.41. The van der Waals surface area contributed by atoms with Crippen LogP contribution in [0.1, 0.15) is 25.7 Å². The van der Waals surface area contributed by atoms with E-state index in [1.165, 1.54) is 0 Å². The van der Waals surface area contributed by atoms with Crippen molar-refractivity contribution in [1.82, 2.24) is 20.0 Å². The van der Waals surface area contributed by atoms with E-state index in [2.05, 4.69) is 15.3 Å². The number of ether oxygens (including phenoxy) is 1. The summed E-state index contributed by atoms with van der Waals surface area (Å²) >= 11 is 6.41. The third kappa shape index (κ3) is 3.80. The van der Waals surface area contributed by atoms with Gasteiger partial charge in [-0.05, 0) is 37.5 Å². The van der Waals surface area contributed by atoms with Gasteiger partial charge in [0.05, 0.1) is 11.9 Å². The summed E-state index contributed by atoms with van der Waals surface area (Å²) in [4.78, 5) is 0. The summed E-state index contributed by atoms with van der Waals surface area (Å²) in [5.74, 6) is 0.304. The molecule has 4 rings (SSSR count). The van der Waals surface area contributed by atoms with Gasteiger partial charge in [0.1, 0.15) is 18.0 Å². The van der Waals surface area contributed by atoms with Crippen LogP contribution in [0.5, 0.6) is 11.6 Å². The number of aryl methyl sites for hydroxylation is 1. The highest BCUT2D eigenvalue weighted by Crippen LogP contribution is 2.38. The maximum absolute atomic E-state index is 13.9. The predicted octanol–water partition coefficient (Wildman–Crippen LogP) is 4.56. The Morgan fingerprint density at radius 3 is 2.68 bits per heavy atom. The molecule has 0 amide bonds. The molecular formula is C20H20ClFN4O2. The topological polar surface area (TPSA) is 73.1 Å². The Labute approximate surface area is 166 Å². The quantitative estimate of drug-likeness (QED) is 0.692. The van der Waals surface area contributed by atoms with Gasteiger partial charge in [0.15, 0.2) is 0 Å². The van der Waals surface area contributed by atoms with E-state index in [1.807, 2.05) is 13.2 Å². The van der Waals surface area contributed by atoms with Gasteiger partial charge in [-0.2, -0.15) is 5.10 Å². The number of aromatic hydroxyl groups is 1. The van der Waals surface area contributed by atoms with Crippen LogP contribution in [-0.2, 0) is 7.05 Å². The standard InChI is InChI=1S/C20H20ClFN4O2/c1-26-11-12(10-23-26)13-9-18(27)14(8-15(13)21)17-6-7-20(25-24-17)28-19-5-3-2-4-16(19)22/h6-11,16,19,27H,2-5H2,1H3/t16-,19+/m0/s1. The van der Waals surface area contributed by atoms with Gasteiger partial charge in [-0.3, -0.25) is 4.68 Å². The van der Waals surface area contributed by atoms with Gasteiger partial charge < -0.3 is 9.84 Å². The molecule has 8 heteroatoms. The zero-order valence-corrected chi connectivity index (χ0v) is 16.1. The first-order valence-electron chi connectivity index (χ1n) is 9.17. The van der Waals surface area contributed by atoms with Gasteiger partial charge in [-0.1, -0.05) is 18.0 Å². The highest BCUT2D eigenvalue weighted by atomic mass is 35.5. The lowest BCUT2D eigenvalue weighted by Gasteiger charge is -2.25. The van der Waals surface area contributed by atoms with Gasteiger partial charge in [0.25, 0.3) is 0 Å². The molecule has 1 aliphatic carbocycles. The van der Waals surface area contributed by atoms with E-state index >= 15 is 0 Å². The first-order valence-corrected chi connectivity index (χ1v) is 9.55. The Morgan fingerprint density at radius 1 is 1.18 bits per heavy atom. The molecule has 6 nitrogen and oxygen atoms in total. The van der Waals surface area contributed by atoms with E-state index in [0.717, 1.165) is 18.4 Å². The SMILES string of the molecule is Cn1cc(-c2cc(O)c(-c3ccc(O[C@@H]4CCCC[C@@H]4F)nn3)cc2Cl)cn1. The first-order chi connectivity index (χ1) is 13.5. The third-order valence-electron chi connectivity index (χ3n) is 4.91. The van der Waals surface area contributed by atoms with Crippen molar-refractivity contribution in [2.24, 2.45) is 7.05 Å². The molecule has 2 aromatic heterocycles. The van der Waals surface area contributed by atoms with Crippen LogP contribution >= 0.6 is 11.6 Å². The van der Waals surface area contributed by atoms with Crippen molar-refractivity contribution >= 4 is 11.6 Å². The second-order valence-corrected chi connectivity index (χ2v) is 7.37. The van der Waals surface area contributed by atoms with Crippen molar-refractivity contribution < 1.29 is 14.2 Å². The van der Waals surface area contributed by atoms with Gasteiger partial charge in [-0.15, -0.1) is 10.2 Å². The lowest BCUT2D eigenvalue weighted by atomic mass is 9.96. The van der Waals surface area contributed by atoms with E-state index in [4.69, 9.17) is 16.3 Å². The zero-order valence-electron chi connectivity index (χ0n) is 15.3. The van der Waals surface area contributed by atoms with E-state index in [-0.39, 0.29) is 11.6 Å². The molecule has 1 aliphatic rings. The fraction of sp³-hybridized carbons (Fsp3) is 0.350. The highest BCUT2D eigenvalue weighted by Gasteiger charge is 2.27. The lowest BCUT2D eigenvalue weighted by Crippen LogP contribution is -2.32. The molecule has 3 aromatic rings. The van der Waals surface area contributed by atoms with Crippen LogP contribution in [0.3, 0.4) is 0 Å². The van der Waals surface area contributed by atoms with Crippen molar-refractivity contribution in [2.75, 3.05) is 0 Å². The van der Waals surface area contributed by atoms with Gasteiger partial charge in [0, 0.05) is 41.0 Å². The van der Waals surface area contributed by atoms with E-state index in [1.54, 1.807) is 35.1 Å². The second-order valence-electron chi connectivity index (χ2n) is 6.97. The molecule has 146 valence electrons. The summed E-state index contributed by atoms with van der Waals surface area (Å²) in [5, 5.41) is 23.2. The smallest absolute Gasteiger partial charge is 0.233 e. The Morgan fingerprint density at radius 2 is 2.00 bits per heavy atom. The van der Waals surface area contributed by atoms with Crippen LogP contribution in [-0.4, -0.2) is 37.4 Å². The number of phenols is 1. The number of benzene rings is 1. The largest absolute Gasteiger partial charge is 0.507 e. The molecule has 1 saturated carbocycles. The Hall–Kier alpha value is -2.67. The van der Waals surface area contributed by atoms with Crippen LogP contribution in [0, 0.1) is 0 Å². The van der Waals surface area contributed by atoms with Crippen molar-refractivity contribution in [3.63, 3.8) is 0 Å². The van der Waals surface area contributed by atoms with Gasteiger partial charge >= 0.3 is 0 Å². The van der Waals surface area contributed by atoms with E-state index in [9.17, 15) is 9.50 Å². The molecule has 28 heavy (non-hydrogen) atoms. The molecule has 0 aliphatic heterocycles. The molecule has 0 bridgehead atoms. The fourth-order valence-corrected chi connectivity index (χ4v) is 3.69. The van der Waals surface area contributed by atoms with Crippen LogP contribution in [0.4, 0.5) is 4.39 Å². The molecule has 2 heterocycles. The molecule has 0 unspecified atom stereocenters. The van der Waals surface area contributed by atoms with Crippen LogP contribution in [0.25, 0.3) is 22.4 Å². The molecule has 0 spiro atoms. The molecule has 2 atom stereocenters. The minimum Gasteiger partial charge on any atom is -0.507 e. The minimum absolute atomic E-state index is 0.0299. The van der Waals surface area contributed by atoms with Gasteiger partial charge in [-0.25, -0.2) is 4.39 Å². The Bertz CT molecular complexity index is 977. The van der Waals surface area contributed by atoms with Gasteiger partial charge in [0.2, 0.25) is 5.88 Å². The van der Waals surface area contributed by atoms with Crippen LogP contribution < -0.4 is 4.74 Å². The number of hydrogen-bond donors (Lipinski definition) is 1. The molecule has 1 N–H and O–H groups in total. The minimum atomic E-state index is -0.974. The Kier molecular flexibility index (Phi) is 5.17. The second kappa shape index (κ2) is 7.75. The van der Waals surface area contributed by atoms with Crippen molar-refractivity contribution in [2.45, 2.75) is 38.0 Å². The monoisotopic (exact) mass is 402 g/mol. The summed E-state index contributed by atoms with van der Waals surface area (Å²) in [6.07, 6.45) is 5.08. The van der Waals surface area contributed by atoms with Crippen molar-refractivity contribution in [3.05, 3.63) is 41.7 Å². The van der Waals surface area contributed by atoms with Crippen LogP contribution in [0.2, 0.25) is 5.02 Å². The highest BCUT2D eigenvalue weighted by molar-refractivity contribution is 6.33. The van der Waals surface area contributed by atoms with Crippen molar-refractivity contribution in [3.8, 4) is 34.0 Å². The molecule has 1 fully saturated rings. The summed E-state index contributed by atoms with van der Waals surface area (Å²) in [7, 11) is 1.81. The zero-order chi connectivity index (χ0) is 19.7. The summed E-state index contributed by atoms with van der Waals surface area (Å²) < 4.78 is 21.2. The van der Waals surface area contributed by atoms with E-state index < -0.39 is 12.3 Å². The number of phenolic OH excluding ortho intramolecular Hbond substituents is 1. The molecular weight excluding hydrogens is 383 g/mol. The number of alkyl halides is 1. The van der Waals surface area contributed by atoms with Crippen LogP contribution in [0.15, 0.2) is 36.7 Å². The predicted molar refractivity (Wildman–Crippen MR) is 104 cm³/mol. The number of rotatable bonds is 4. The lowest BCUT2D eigenvalue weighted by molar-refractivity contribution is 0.0594. The maximum atomic E-state index is 13.9. The van der Waals surface area contributed by atoms with Crippen molar-refractivity contribution in [1.29, 1.82) is 0 Å². The average molecular weight is 403 g/mol. The number of aromatic nitrogens is 4. The summed E-state index contributed by atoms with van der Waals surface area (Å²) in [6, 6.07) is 6.53. The third-order valence-corrected chi connectivity index (χ3v) is 5.22. The average Bonchev–Trinajstić information content (AvgIpc) is 3.12. The molecule has 1 aromatic carbocycles. The first kappa shape index (κ1) is 18.7. The number of nitrogens with zero attached hydrogens (tertiary/aromatic N) is 4. The number of hydrogen-bond acceptors (Lipinski definition) is 5. The summed E-state index contributed by atoms with van der Waals surface area (Å²) in [6.45, 7) is 0. The Balaban J connectivity index is 1.56. The number of halogens is 2. The normalized spacial score (nSPS) is 19.5. The summed E-state index contributed by atoms with van der Waals surface area (Å²) in [5.41, 5.74) is 2.38. The van der Waals surface area contributed by atoms with E-state index in [0.29, 0.717) is 34.7 Å². The molecule has 0 saturated heterocycles. The maximum Gasteiger partial charge on any atom is 0.233 e.